The zero-order chi connectivity index (χ0) is 14.4. The van der Waals surface area contributed by atoms with Gasteiger partial charge in [-0.3, -0.25) is 4.79 Å². The van der Waals surface area contributed by atoms with Crippen LogP contribution < -0.4 is 15.4 Å². The van der Waals surface area contributed by atoms with Crippen LogP contribution in [0.15, 0.2) is 53.7 Å². The van der Waals surface area contributed by atoms with Gasteiger partial charge in [-0.05, 0) is 35.5 Å². The lowest BCUT2D eigenvalue weighted by Gasteiger charge is -2.06. The smallest absolute Gasteiger partial charge is 0.238 e. The van der Waals surface area contributed by atoms with Crippen molar-refractivity contribution in [2.24, 2.45) is 0 Å². The molecular weight excluding hydrogens is 276 g/mol. The molecule has 2 rings (SSSR count). The topological polar surface area (TPSA) is 83.4 Å². The third-order valence-electron chi connectivity index (χ3n) is 2.44. The van der Waals surface area contributed by atoms with Crippen LogP contribution in [-0.2, 0) is 4.79 Å². The monoisotopic (exact) mass is 288 g/mol. The van der Waals surface area contributed by atoms with E-state index in [1.54, 1.807) is 6.20 Å². The van der Waals surface area contributed by atoms with Crippen molar-refractivity contribution in [3.8, 4) is 0 Å². The van der Waals surface area contributed by atoms with Gasteiger partial charge in [0.05, 0.1) is 11.7 Å². The molecule has 0 aliphatic carbocycles. The van der Waals surface area contributed by atoms with Gasteiger partial charge in [0, 0.05) is 17.8 Å². The van der Waals surface area contributed by atoms with Crippen LogP contribution in [0.1, 0.15) is 10.4 Å². The number of rotatable bonds is 5. The first-order valence-electron chi connectivity index (χ1n) is 5.86. The Morgan fingerprint density at radius 3 is 2.50 bits per heavy atom. The van der Waals surface area contributed by atoms with Crippen molar-refractivity contribution < 1.29 is 19.7 Å². The van der Waals surface area contributed by atoms with E-state index in [2.05, 4.69) is 10.3 Å². The summed E-state index contributed by atoms with van der Waals surface area (Å²) >= 11 is 1.38. The number of carbonyl (C=O) groups is 2. The highest BCUT2D eigenvalue weighted by Crippen LogP contribution is 2.13. The van der Waals surface area contributed by atoms with Crippen molar-refractivity contribution in [2.45, 2.75) is 5.03 Å². The van der Waals surface area contributed by atoms with Gasteiger partial charge in [0.1, 0.15) is 0 Å². The van der Waals surface area contributed by atoms with Crippen LogP contribution in [0.3, 0.4) is 0 Å². The van der Waals surface area contributed by atoms with Crippen LogP contribution in [0.5, 0.6) is 0 Å². The van der Waals surface area contributed by atoms with Gasteiger partial charge < -0.3 is 15.2 Å². The molecule has 0 saturated heterocycles. The summed E-state index contributed by atoms with van der Waals surface area (Å²) in [5.41, 5.74) is 0.633. The van der Waals surface area contributed by atoms with Gasteiger partial charge >= 0.3 is 0 Å². The summed E-state index contributed by atoms with van der Waals surface area (Å²) in [6.45, 7) is 0. The van der Waals surface area contributed by atoms with E-state index in [4.69, 9.17) is 0 Å². The molecule has 1 aromatic heterocycles. The zero-order valence-corrected chi connectivity index (χ0v) is 11.3. The number of aromatic amines is 1. The molecule has 0 spiro atoms. The molecule has 0 atom stereocenters. The van der Waals surface area contributed by atoms with Gasteiger partial charge in [0.2, 0.25) is 10.9 Å². The number of H-pyrrole nitrogens is 1. The lowest BCUT2D eigenvalue weighted by atomic mass is 10.2. The quantitative estimate of drug-likeness (QED) is 0.816. The Morgan fingerprint density at radius 2 is 1.90 bits per heavy atom. The van der Waals surface area contributed by atoms with Crippen LogP contribution in [0.2, 0.25) is 0 Å². The summed E-state index contributed by atoms with van der Waals surface area (Å²) in [6.07, 6.45) is 1.79. The molecule has 102 valence electrons. The van der Waals surface area contributed by atoms with Crippen molar-refractivity contribution >= 4 is 29.3 Å². The van der Waals surface area contributed by atoms with E-state index < -0.39 is 5.97 Å². The van der Waals surface area contributed by atoms with Crippen LogP contribution in [0.4, 0.5) is 5.69 Å². The fourth-order valence-corrected chi connectivity index (χ4v) is 2.18. The number of hydrogen-bond donors (Lipinski definition) is 1. The molecule has 0 bridgehead atoms. The third-order valence-corrected chi connectivity index (χ3v) is 3.42. The number of aromatic carboxylic acids is 1. The predicted octanol–water partition coefficient (Wildman–Crippen LogP) is 0.595. The van der Waals surface area contributed by atoms with Crippen molar-refractivity contribution in [2.75, 3.05) is 11.1 Å². The Kier molecular flexibility index (Phi) is 4.73. The minimum absolute atomic E-state index is 0.0799. The van der Waals surface area contributed by atoms with Crippen molar-refractivity contribution in [3.05, 3.63) is 54.2 Å². The number of anilines is 1. The van der Waals surface area contributed by atoms with E-state index in [-0.39, 0.29) is 17.2 Å². The molecule has 1 aromatic carbocycles. The first-order chi connectivity index (χ1) is 9.65. The molecule has 2 aromatic rings. The number of thioether (sulfide) groups is 1. The van der Waals surface area contributed by atoms with Gasteiger partial charge in [-0.2, -0.15) is 0 Å². The number of hydrogen-bond acceptors (Lipinski definition) is 4. The maximum Gasteiger partial charge on any atom is 0.238 e. The van der Waals surface area contributed by atoms with Crippen LogP contribution >= 0.6 is 11.8 Å². The molecule has 0 radical (unpaired) electrons. The van der Waals surface area contributed by atoms with E-state index >= 15 is 0 Å². The normalized spacial score (nSPS) is 10.0. The fraction of sp³-hybridized carbons (Fsp3) is 0.0714. The SMILES string of the molecule is O=C(CSc1cccc[nH+]1)Nc1ccc(C(=O)[O-])cc1. The molecule has 20 heavy (non-hydrogen) atoms. The first kappa shape index (κ1) is 14.1. The van der Waals surface area contributed by atoms with Crippen LogP contribution in [0.25, 0.3) is 0 Å². The Hall–Kier alpha value is -2.34. The summed E-state index contributed by atoms with van der Waals surface area (Å²) in [7, 11) is 0. The molecule has 0 aliphatic heterocycles. The van der Waals surface area contributed by atoms with Crippen molar-refractivity contribution in [3.63, 3.8) is 0 Å². The van der Waals surface area contributed by atoms with E-state index in [0.29, 0.717) is 5.69 Å². The van der Waals surface area contributed by atoms with E-state index in [1.807, 2.05) is 18.2 Å². The second kappa shape index (κ2) is 6.72. The highest BCUT2D eigenvalue weighted by atomic mass is 32.2. The van der Waals surface area contributed by atoms with Gasteiger partial charge in [-0.1, -0.05) is 12.1 Å². The highest BCUT2D eigenvalue weighted by Gasteiger charge is 2.07. The number of carboxylic acids is 1. The Bertz CT molecular complexity index is 600. The Morgan fingerprint density at radius 1 is 1.15 bits per heavy atom. The second-order valence-corrected chi connectivity index (χ2v) is 4.95. The van der Waals surface area contributed by atoms with Gasteiger partial charge in [0.25, 0.3) is 0 Å². The molecule has 0 aliphatic rings. The van der Waals surface area contributed by atoms with Crippen molar-refractivity contribution in [1.82, 2.24) is 0 Å². The predicted molar refractivity (Wildman–Crippen MR) is 73.1 cm³/mol. The molecule has 5 nitrogen and oxygen atoms in total. The van der Waals surface area contributed by atoms with Gasteiger partial charge in [-0.25, -0.2) is 4.98 Å². The molecule has 0 unspecified atom stereocenters. The van der Waals surface area contributed by atoms with Crippen LogP contribution in [-0.4, -0.2) is 17.6 Å². The summed E-state index contributed by atoms with van der Waals surface area (Å²) in [6, 6.07) is 11.5. The minimum Gasteiger partial charge on any atom is -0.545 e. The Balaban J connectivity index is 1.86. The second-order valence-electron chi connectivity index (χ2n) is 3.93. The fourth-order valence-electron chi connectivity index (χ4n) is 1.50. The largest absolute Gasteiger partial charge is 0.545 e. The molecule has 0 fully saturated rings. The average Bonchev–Trinajstić information content (AvgIpc) is 2.47. The summed E-state index contributed by atoms with van der Waals surface area (Å²) in [4.78, 5) is 25.3. The van der Waals surface area contributed by atoms with E-state index in [0.717, 1.165) is 5.03 Å². The third kappa shape index (κ3) is 4.10. The number of carboxylic acid groups (broad SMARTS) is 1. The van der Waals surface area contributed by atoms with E-state index in [9.17, 15) is 14.7 Å². The van der Waals surface area contributed by atoms with E-state index in [1.165, 1.54) is 36.0 Å². The lowest BCUT2D eigenvalue weighted by Crippen LogP contribution is -2.22. The molecule has 6 heteroatoms. The highest BCUT2D eigenvalue weighted by molar-refractivity contribution is 7.99. The number of pyridine rings is 1. The van der Waals surface area contributed by atoms with Crippen LogP contribution in [0, 0.1) is 0 Å². The van der Waals surface area contributed by atoms with Gasteiger partial charge in [0.15, 0.2) is 6.20 Å². The molecular formula is C14H12N2O3S. The zero-order valence-electron chi connectivity index (χ0n) is 10.5. The first-order valence-corrected chi connectivity index (χ1v) is 6.84. The Labute approximate surface area is 120 Å². The summed E-state index contributed by atoms with van der Waals surface area (Å²) in [5.74, 6) is -1.13. The number of amides is 1. The number of aromatic nitrogens is 1. The average molecular weight is 288 g/mol. The number of nitrogens with one attached hydrogen (secondary N) is 2. The molecule has 1 heterocycles. The molecule has 0 saturated carbocycles. The summed E-state index contributed by atoms with van der Waals surface area (Å²) in [5, 5.41) is 14.2. The lowest BCUT2D eigenvalue weighted by molar-refractivity contribution is -0.426. The maximum absolute atomic E-state index is 11.7. The standard InChI is InChI=1S/C14H12N2O3S/c17-12(9-20-13-3-1-2-8-15-13)16-11-6-4-10(5-7-11)14(18)19/h1-8H,9H2,(H,16,17)(H,18,19). The summed E-state index contributed by atoms with van der Waals surface area (Å²) < 4.78 is 0. The number of carbonyl (C=O) groups excluding carboxylic acids is 2. The minimum atomic E-state index is -1.24. The number of benzene rings is 1. The molecule has 1 amide bonds. The van der Waals surface area contributed by atoms with Crippen molar-refractivity contribution in [1.29, 1.82) is 0 Å². The van der Waals surface area contributed by atoms with Gasteiger partial charge in [-0.15, -0.1) is 0 Å². The maximum atomic E-state index is 11.7. The molecule has 2 N–H and O–H groups in total.